The molecule has 1 atom stereocenters. The molecule has 1 fully saturated rings. The highest BCUT2D eigenvalue weighted by Gasteiger charge is 2.20. The third-order valence-corrected chi connectivity index (χ3v) is 5.60. The van der Waals surface area contributed by atoms with Crippen molar-refractivity contribution in [2.75, 3.05) is 13.2 Å². The van der Waals surface area contributed by atoms with Crippen molar-refractivity contribution in [3.63, 3.8) is 0 Å². The van der Waals surface area contributed by atoms with Crippen LogP contribution in [0.5, 0.6) is 0 Å². The SMILES string of the molecule is O=C(O)c1ccccc1-c1ccc(S(=O)(=O)NCC2CCCO2)cc1. The average Bonchev–Trinajstić information content (AvgIpc) is 3.14. The maximum atomic E-state index is 12.4. The fourth-order valence-electron chi connectivity index (χ4n) is 2.83. The number of nitrogens with one attached hydrogen (secondary N) is 1. The summed E-state index contributed by atoms with van der Waals surface area (Å²) in [7, 11) is -3.62. The van der Waals surface area contributed by atoms with Gasteiger partial charge in [-0.15, -0.1) is 0 Å². The van der Waals surface area contributed by atoms with Crippen LogP contribution in [0.3, 0.4) is 0 Å². The molecule has 0 saturated carbocycles. The smallest absolute Gasteiger partial charge is 0.336 e. The molecule has 132 valence electrons. The van der Waals surface area contributed by atoms with Crippen LogP contribution in [0, 0.1) is 0 Å². The van der Waals surface area contributed by atoms with E-state index >= 15 is 0 Å². The molecule has 0 bridgehead atoms. The van der Waals surface area contributed by atoms with Gasteiger partial charge in [-0.2, -0.15) is 0 Å². The Morgan fingerprint density at radius 3 is 2.52 bits per heavy atom. The van der Waals surface area contributed by atoms with E-state index in [0.29, 0.717) is 17.7 Å². The van der Waals surface area contributed by atoms with Gasteiger partial charge in [-0.05, 0) is 42.2 Å². The highest BCUT2D eigenvalue weighted by Crippen LogP contribution is 2.25. The zero-order chi connectivity index (χ0) is 17.9. The Balaban J connectivity index is 1.79. The Labute approximate surface area is 146 Å². The number of rotatable bonds is 6. The number of hydrogen-bond acceptors (Lipinski definition) is 4. The molecule has 0 aliphatic carbocycles. The number of carboxylic acid groups (broad SMARTS) is 1. The van der Waals surface area contributed by atoms with E-state index < -0.39 is 16.0 Å². The molecule has 0 radical (unpaired) electrons. The zero-order valence-electron chi connectivity index (χ0n) is 13.5. The second kappa shape index (κ2) is 7.35. The first-order valence-electron chi connectivity index (χ1n) is 8.01. The summed E-state index contributed by atoms with van der Waals surface area (Å²) in [6.07, 6.45) is 1.73. The molecule has 7 heteroatoms. The Morgan fingerprint density at radius 1 is 1.16 bits per heavy atom. The van der Waals surface area contributed by atoms with Crippen LogP contribution in [0.1, 0.15) is 23.2 Å². The average molecular weight is 361 g/mol. The Hall–Kier alpha value is -2.22. The van der Waals surface area contributed by atoms with Crippen molar-refractivity contribution in [1.29, 1.82) is 0 Å². The molecule has 1 aliphatic rings. The quantitative estimate of drug-likeness (QED) is 0.825. The lowest BCUT2D eigenvalue weighted by Crippen LogP contribution is -2.31. The molecule has 1 unspecified atom stereocenters. The molecule has 2 aromatic rings. The lowest BCUT2D eigenvalue weighted by Gasteiger charge is -2.12. The van der Waals surface area contributed by atoms with E-state index in [-0.39, 0.29) is 23.1 Å². The van der Waals surface area contributed by atoms with E-state index in [4.69, 9.17) is 4.74 Å². The number of aromatic carboxylic acids is 1. The number of sulfonamides is 1. The van der Waals surface area contributed by atoms with Crippen LogP contribution in [-0.4, -0.2) is 38.7 Å². The molecule has 1 heterocycles. The highest BCUT2D eigenvalue weighted by atomic mass is 32.2. The van der Waals surface area contributed by atoms with Gasteiger partial charge in [0.05, 0.1) is 16.6 Å². The molecule has 1 aliphatic heterocycles. The van der Waals surface area contributed by atoms with Crippen molar-refractivity contribution >= 4 is 16.0 Å². The van der Waals surface area contributed by atoms with Gasteiger partial charge >= 0.3 is 5.97 Å². The van der Waals surface area contributed by atoms with Gasteiger partial charge in [0.15, 0.2) is 0 Å². The van der Waals surface area contributed by atoms with Crippen LogP contribution in [0.25, 0.3) is 11.1 Å². The minimum atomic E-state index is -3.62. The summed E-state index contributed by atoms with van der Waals surface area (Å²) < 4.78 is 32.7. The Bertz CT molecular complexity index is 855. The fraction of sp³-hybridized carbons (Fsp3) is 0.278. The van der Waals surface area contributed by atoms with E-state index in [0.717, 1.165) is 12.8 Å². The van der Waals surface area contributed by atoms with E-state index in [1.54, 1.807) is 30.3 Å². The molecular formula is C18H19NO5S. The van der Waals surface area contributed by atoms with E-state index in [9.17, 15) is 18.3 Å². The van der Waals surface area contributed by atoms with Crippen molar-refractivity contribution in [2.45, 2.75) is 23.8 Å². The summed E-state index contributed by atoms with van der Waals surface area (Å²) in [5, 5.41) is 9.27. The largest absolute Gasteiger partial charge is 0.478 e. The van der Waals surface area contributed by atoms with E-state index in [1.165, 1.54) is 18.2 Å². The van der Waals surface area contributed by atoms with Gasteiger partial charge in [-0.3, -0.25) is 0 Å². The molecule has 0 spiro atoms. The number of benzene rings is 2. The maximum Gasteiger partial charge on any atom is 0.336 e. The molecule has 0 amide bonds. The highest BCUT2D eigenvalue weighted by molar-refractivity contribution is 7.89. The minimum Gasteiger partial charge on any atom is -0.478 e. The molecular weight excluding hydrogens is 342 g/mol. The summed E-state index contributed by atoms with van der Waals surface area (Å²) in [4.78, 5) is 11.5. The van der Waals surface area contributed by atoms with Crippen LogP contribution < -0.4 is 4.72 Å². The summed E-state index contributed by atoms with van der Waals surface area (Å²) >= 11 is 0. The first-order chi connectivity index (χ1) is 12.0. The number of ether oxygens (including phenoxy) is 1. The van der Waals surface area contributed by atoms with Gasteiger partial charge in [0, 0.05) is 13.2 Å². The lowest BCUT2D eigenvalue weighted by atomic mass is 10.00. The van der Waals surface area contributed by atoms with Crippen LogP contribution in [-0.2, 0) is 14.8 Å². The van der Waals surface area contributed by atoms with Gasteiger partial charge in [0.1, 0.15) is 0 Å². The summed E-state index contributed by atoms with van der Waals surface area (Å²) in [6, 6.07) is 12.8. The second-order valence-corrected chi connectivity index (χ2v) is 7.63. The Morgan fingerprint density at radius 2 is 1.88 bits per heavy atom. The molecule has 0 aromatic heterocycles. The predicted octanol–water partition coefficient (Wildman–Crippen LogP) is 2.51. The number of hydrogen-bond donors (Lipinski definition) is 2. The number of carbonyl (C=O) groups is 1. The van der Waals surface area contributed by atoms with Crippen LogP contribution in [0.4, 0.5) is 0 Å². The molecule has 6 nitrogen and oxygen atoms in total. The zero-order valence-corrected chi connectivity index (χ0v) is 14.3. The van der Waals surface area contributed by atoms with Crippen molar-refractivity contribution in [2.24, 2.45) is 0 Å². The fourth-order valence-corrected chi connectivity index (χ4v) is 3.89. The summed E-state index contributed by atoms with van der Waals surface area (Å²) in [5.74, 6) is -1.02. The minimum absolute atomic E-state index is 0.0727. The van der Waals surface area contributed by atoms with Gasteiger partial charge in [-0.25, -0.2) is 17.9 Å². The third kappa shape index (κ3) is 4.07. The third-order valence-electron chi connectivity index (χ3n) is 4.16. The van der Waals surface area contributed by atoms with E-state index in [1.807, 2.05) is 0 Å². The second-order valence-electron chi connectivity index (χ2n) is 5.86. The van der Waals surface area contributed by atoms with Crippen LogP contribution in [0.15, 0.2) is 53.4 Å². The van der Waals surface area contributed by atoms with Crippen molar-refractivity contribution < 1.29 is 23.1 Å². The monoisotopic (exact) mass is 361 g/mol. The van der Waals surface area contributed by atoms with Gasteiger partial charge in [0.2, 0.25) is 10.0 Å². The van der Waals surface area contributed by atoms with Gasteiger partial charge < -0.3 is 9.84 Å². The van der Waals surface area contributed by atoms with Gasteiger partial charge in [0.25, 0.3) is 0 Å². The molecule has 2 aromatic carbocycles. The lowest BCUT2D eigenvalue weighted by molar-refractivity contribution is 0.0697. The number of carboxylic acids is 1. The first kappa shape index (κ1) is 17.6. The molecule has 3 rings (SSSR count). The first-order valence-corrected chi connectivity index (χ1v) is 9.50. The van der Waals surface area contributed by atoms with E-state index in [2.05, 4.69) is 4.72 Å². The van der Waals surface area contributed by atoms with Crippen molar-refractivity contribution in [1.82, 2.24) is 4.72 Å². The standard InChI is InChI=1S/C18H19NO5S/c20-18(21)17-6-2-1-5-16(17)13-7-9-15(10-8-13)25(22,23)19-12-14-4-3-11-24-14/h1-2,5-10,14,19H,3-4,11-12H2,(H,20,21). The summed E-state index contributed by atoms with van der Waals surface area (Å²) in [6.45, 7) is 0.927. The normalized spacial score (nSPS) is 17.5. The van der Waals surface area contributed by atoms with Gasteiger partial charge in [-0.1, -0.05) is 30.3 Å². The summed E-state index contributed by atoms with van der Waals surface area (Å²) in [5.41, 5.74) is 1.37. The Kier molecular flexibility index (Phi) is 5.17. The molecule has 1 saturated heterocycles. The van der Waals surface area contributed by atoms with Crippen LogP contribution >= 0.6 is 0 Å². The molecule has 25 heavy (non-hydrogen) atoms. The van der Waals surface area contributed by atoms with Crippen molar-refractivity contribution in [3.8, 4) is 11.1 Å². The topological polar surface area (TPSA) is 92.7 Å². The molecule has 2 N–H and O–H groups in total. The predicted molar refractivity (Wildman–Crippen MR) is 93.0 cm³/mol. The van der Waals surface area contributed by atoms with Crippen LogP contribution in [0.2, 0.25) is 0 Å². The van der Waals surface area contributed by atoms with Crippen molar-refractivity contribution in [3.05, 3.63) is 54.1 Å². The maximum absolute atomic E-state index is 12.4.